The van der Waals surface area contributed by atoms with Crippen LogP contribution in [0.3, 0.4) is 0 Å². The van der Waals surface area contributed by atoms with E-state index < -0.39 is 6.98 Å². The third-order valence-corrected chi connectivity index (χ3v) is 1.95. The predicted molar refractivity (Wildman–Crippen MR) is 51.8 cm³/mol. The quantitative estimate of drug-likeness (QED) is 0.496. The summed E-state index contributed by atoms with van der Waals surface area (Å²) in [5.74, 6) is 0.230. The summed E-state index contributed by atoms with van der Waals surface area (Å²) in [7, 11) is 0. The Morgan fingerprint density at radius 1 is 1.21 bits per heavy atom. The third kappa shape index (κ3) is 13.5. The van der Waals surface area contributed by atoms with Gasteiger partial charge in [-0.1, -0.05) is 37.8 Å². The number of hydrogen-bond donors (Lipinski definition) is 0. The monoisotopic (exact) mass is 252 g/mol. The fraction of sp³-hybridized carbons (Fsp3) is 0.750. The molecule has 0 fully saturated rings. The molecule has 0 unspecified atom stereocenters. The Balaban J connectivity index is 0. The maximum Gasteiger partial charge on any atom is 1.00 e. The molecule has 0 saturated heterocycles. The van der Waals surface area contributed by atoms with E-state index in [9.17, 15) is 12.9 Å². The Kier molecular flexibility index (Phi) is 12.4. The molecule has 0 radical (unpaired) electrons. The van der Waals surface area contributed by atoms with E-state index >= 15 is 0 Å². The van der Waals surface area contributed by atoms with Crippen molar-refractivity contribution in [1.29, 1.82) is 0 Å². The fourth-order valence-electron chi connectivity index (χ4n) is 1.01. The van der Waals surface area contributed by atoms with Crippen LogP contribution in [0.15, 0.2) is 11.0 Å². The Morgan fingerprint density at radius 2 is 1.79 bits per heavy atom. The molecule has 0 nitrogen and oxygen atoms in total. The molecule has 0 bridgehead atoms. The molecule has 0 aromatic carbocycles. The molecule has 0 aliphatic carbocycles. The molecule has 0 atom stereocenters. The summed E-state index contributed by atoms with van der Waals surface area (Å²) in [6.45, 7) is -2.81. The van der Waals surface area contributed by atoms with Gasteiger partial charge in [-0.25, -0.2) is 0 Å². The standard InChI is InChI=1S/C8H14BClF3.K/c1-2-3-4-5-6-8(10)7-9(11,12)13;/h7H,2-6H2,1H3;/q-1;+1/b8-7-;. The van der Waals surface area contributed by atoms with E-state index in [1.54, 1.807) is 0 Å². The van der Waals surface area contributed by atoms with E-state index in [-0.39, 0.29) is 62.4 Å². The van der Waals surface area contributed by atoms with E-state index in [1.807, 2.05) is 0 Å². The van der Waals surface area contributed by atoms with Gasteiger partial charge in [-0.3, -0.25) is 0 Å². The zero-order chi connectivity index (χ0) is 10.3. The Morgan fingerprint density at radius 3 is 2.21 bits per heavy atom. The molecule has 0 aromatic heterocycles. The van der Waals surface area contributed by atoms with Crippen molar-refractivity contribution in [3.05, 3.63) is 11.0 Å². The van der Waals surface area contributed by atoms with Crippen molar-refractivity contribution in [2.75, 3.05) is 0 Å². The van der Waals surface area contributed by atoms with Crippen LogP contribution < -0.4 is 51.4 Å². The van der Waals surface area contributed by atoms with Gasteiger partial charge in [0.1, 0.15) is 0 Å². The maximum absolute atomic E-state index is 11.8. The normalized spacial score (nSPS) is 12.5. The Hall–Kier alpha value is 1.52. The predicted octanol–water partition coefficient (Wildman–Crippen LogP) is 1.47. The van der Waals surface area contributed by atoms with Crippen LogP contribution >= 0.6 is 11.6 Å². The van der Waals surface area contributed by atoms with Gasteiger partial charge in [0.25, 0.3) is 0 Å². The second kappa shape index (κ2) is 9.73. The number of halogens is 4. The zero-order valence-electron chi connectivity index (χ0n) is 8.70. The number of unbranched alkanes of at least 4 members (excludes halogenated alkanes) is 3. The van der Waals surface area contributed by atoms with Crippen LogP contribution in [0.1, 0.15) is 39.0 Å². The average Bonchev–Trinajstić information content (AvgIpc) is 1.94. The summed E-state index contributed by atoms with van der Waals surface area (Å²) in [5, 5.41) is -0.0661. The second-order valence-corrected chi connectivity index (χ2v) is 3.54. The summed E-state index contributed by atoms with van der Waals surface area (Å²) in [5.41, 5.74) is 0. The second-order valence-electron chi connectivity index (χ2n) is 3.05. The van der Waals surface area contributed by atoms with Crippen molar-refractivity contribution in [2.45, 2.75) is 39.0 Å². The first-order valence-electron chi connectivity index (χ1n) is 4.53. The molecule has 78 valence electrons. The van der Waals surface area contributed by atoms with Gasteiger partial charge in [-0.2, -0.15) is 0 Å². The summed E-state index contributed by atoms with van der Waals surface area (Å²) in [4.78, 5) is 0. The first kappa shape index (κ1) is 17.9. The summed E-state index contributed by atoms with van der Waals surface area (Å²) >= 11 is 5.40. The molecule has 0 amide bonds. The molecule has 0 aliphatic rings. The van der Waals surface area contributed by atoms with Crippen molar-refractivity contribution >= 4 is 18.6 Å². The fourth-order valence-corrected chi connectivity index (χ4v) is 1.29. The SMILES string of the molecule is CCCCCC/C(Cl)=C/[B-](F)(F)F.[K+]. The van der Waals surface area contributed by atoms with E-state index in [2.05, 4.69) is 6.92 Å². The largest absolute Gasteiger partial charge is 1.00 e. The smallest absolute Gasteiger partial charge is 0.445 e. The number of rotatable bonds is 6. The van der Waals surface area contributed by atoms with Gasteiger partial charge in [-0.15, -0.1) is 5.98 Å². The first-order chi connectivity index (χ1) is 5.95. The van der Waals surface area contributed by atoms with Crippen LogP contribution in [0, 0.1) is 0 Å². The molecule has 0 spiro atoms. The van der Waals surface area contributed by atoms with Gasteiger partial charge < -0.3 is 12.9 Å². The topological polar surface area (TPSA) is 0 Å². The van der Waals surface area contributed by atoms with Gasteiger partial charge in [0.15, 0.2) is 0 Å². The average molecular weight is 253 g/mol. The summed E-state index contributed by atoms with van der Waals surface area (Å²) < 4.78 is 35.3. The summed E-state index contributed by atoms with van der Waals surface area (Å²) in [6.07, 6.45) is 4.18. The molecule has 0 saturated carbocycles. The molecule has 14 heavy (non-hydrogen) atoms. The summed E-state index contributed by atoms with van der Waals surface area (Å²) in [6, 6.07) is 0. The molecule has 0 heterocycles. The molecule has 0 N–H and O–H groups in total. The molecule has 0 rings (SSSR count). The van der Waals surface area contributed by atoms with E-state index in [1.165, 1.54) is 0 Å². The van der Waals surface area contributed by atoms with Crippen molar-refractivity contribution in [3.8, 4) is 0 Å². The van der Waals surface area contributed by atoms with Gasteiger partial charge in [0, 0.05) is 0 Å². The van der Waals surface area contributed by atoms with Crippen LogP contribution in [0.4, 0.5) is 12.9 Å². The Bertz CT molecular complexity index is 170. The van der Waals surface area contributed by atoms with E-state index in [0.717, 1.165) is 25.7 Å². The van der Waals surface area contributed by atoms with Gasteiger partial charge in [-0.05, 0) is 17.9 Å². The molecule has 6 heteroatoms. The Labute approximate surface area is 131 Å². The van der Waals surface area contributed by atoms with Crippen molar-refractivity contribution in [2.24, 2.45) is 0 Å². The molecular formula is C8H14BClF3K. The van der Waals surface area contributed by atoms with Crippen molar-refractivity contribution in [3.63, 3.8) is 0 Å². The van der Waals surface area contributed by atoms with Crippen molar-refractivity contribution < 1.29 is 64.3 Å². The van der Waals surface area contributed by atoms with Gasteiger partial charge in [0.05, 0.1) is 0 Å². The minimum Gasteiger partial charge on any atom is -0.445 e. The van der Waals surface area contributed by atoms with E-state index in [0.29, 0.717) is 6.42 Å². The van der Waals surface area contributed by atoms with Crippen LogP contribution in [0.2, 0.25) is 0 Å². The van der Waals surface area contributed by atoms with Gasteiger partial charge >= 0.3 is 58.4 Å². The minimum atomic E-state index is -4.86. The molecule has 0 aliphatic heterocycles. The van der Waals surface area contributed by atoms with Crippen LogP contribution in [0.25, 0.3) is 0 Å². The maximum atomic E-state index is 11.8. The third-order valence-electron chi connectivity index (χ3n) is 1.64. The van der Waals surface area contributed by atoms with E-state index in [4.69, 9.17) is 11.6 Å². The molecule has 0 aromatic rings. The number of allylic oxidation sites excluding steroid dienone is 1. The van der Waals surface area contributed by atoms with Crippen LogP contribution in [-0.2, 0) is 0 Å². The first-order valence-corrected chi connectivity index (χ1v) is 4.90. The minimum absolute atomic E-state index is 0. The number of hydrogen-bond acceptors (Lipinski definition) is 0. The van der Waals surface area contributed by atoms with Gasteiger partial charge in [0.2, 0.25) is 0 Å². The molecular weight excluding hydrogens is 238 g/mol. The van der Waals surface area contributed by atoms with Crippen LogP contribution in [0.5, 0.6) is 0 Å². The van der Waals surface area contributed by atoms with Crippen LogP contribution in [-0.4, -0.2) is 6.98 Å². The zero-order valence-corrected chi connectivity index (χ0v) is 12.6. The van der Waals surface area contributed by atoms with Crippen molar-refractivity contribution in [1.82, 2.24) is 0 Å².